The minimum Gasteiger partial charge on any atom is -0.468 e. The summed E-state index contributed by atoms with van der Waals surface area (Å²) in [6.07, 6.45) is 0.678. The summed E-state index contributed by atoms with van der Waals surface area (Å²) < 4.78 is 9.70. The highest BCUT2D eigenvalue weighted by Gasteiger charge is 2.28. The highest BCUT2D eigenvalue weighted by atomic mass is 16.5. The van der Waals surface area contributed by atoms with E-state index in [9.17, 15) is 9.59 Å². The third-order valence-electron chi connectivity index (χ3n) is 2.73. The highest BCUT2D eigenvalue weighted by Crippen LogP contribution is 2.17. The Morgan fingerprint density at radius 3 is 2.88 bits per heavy atom. The van der Waals surface area contributed by atoms with Gasteiger partial charge in [-0.05, 0) is 12.8 Å². The fourth-order valence-electron chi connectivity index (χ4n) is 1.81. The van der Waals surface area contributed by atoms with Crippen LogP contribution in [0.5, 0.6) is 0 Å². The molecule has 0 unspecified atom stereocenters. The second-order valence-corrected chi connectivity index (χ2v) is 3.94. The molecule has 7 heteroatoms. The number of carboxylic acid groups (broad SMARTS) is 1. The van der Waals surface area contributed by atoms with Gasteiger partial charge in [0.2, 0.25) is 0 Å². The summed E-state index contributed by atoms with van der Waals surface area (Å²) in [6, 6.07) is -0.961. The monoisotopic (exact) mass is 246 g/mol. The number of methoxy groups -OCH3 is 1. The van der Waals surface area contributed by atoms with Gasteiger partial charge in [-0.15, -0.1) is 0 Å². The fourth-order valence-corrected chi connectivity index (χ4v) is 1.81. The maximum absolute atomic E-state index is 11.0. The Morgan fingerprint density at radius 1 is 1.59 bits per heavy atom. The second kappa shape index (κ2) is 6.41. The van der Waals surface area contributed by atoms with E-state index in [4.69, 9.17) is 15.6 Å². The van der Waals surface area contributed by atoms with Gasteiger partial charge in [0.25, 0.3) is 0 Å². The second-order valence-electron chi connectivity index (χ2n) is 3.94. The zero-order chi connectivity index (χ0) is 12.8. The SMILES string of the molecule is COC(=O)[C@@H](N)COC[C@H]1CCCN1C(=O)O. The molecule has 7 nitrogen and oxygen atoms in total. The van der Waals surface area contributed by atoms with Gasteiger partial charge in [0, 0.05) is 6.54 Å². The number of hydrogen-bond acceptors (Lipinski definition) is 5. The molecule has 3 N–H and O–H groups in total. The van der Waals surface area contributed by atoms with Crippen molar-refractivity contribution in [2.75, 3.05) is 26.9 Å². The summed E-state index contributed by atoms with van der Waals surface area (Å²) in [5, 5.41) is 8.89. The molecule has 1 aliphatic heterocycles. The molecular formula is C10H18N2O5. The molecule has 0 aromatic carbocycles. The van der Waals surface area contributed by atoms with Crippen LogP contribution in [0.2, 0.25) is 0 Å². The van der Waals surface area contributed by atoms with Crippen LogP contribution in [0.1, 0.15) is 12.8 Å². The van der Waals surface area contributed by atoms with Crippen molar-refractivity contribution in [3.8, 4) is 0 Å². The maximum atomic E-state index is 11.0. The molecule has 0 saturated carbocycles. The molecule has 98 valence electrons. The Balaban J connectivity index is 2.26. The van der Waals surface area contributed by atoms with E-state index in [2.05, 4.69) is 4.74 Å². The summed E-state index contributed by atoms with van der Waals surface area (Å²) >= 11 is 0. The van der Waals surface area contributed by atoms with Crippen LogP contribution in [-0.2, 0) is 14.3 Å². The topological polar surface area (TPSA) is 102 Å². The van der Waals surface area contributed by atoms with Crippen molar-refractivity contribution in [1.29, 1.82) is 0 Å². The smallest absolute Gasteiger partial charge is 0.407 e. The molecule has 1 aliphatic rings. The van der Waals surface area contributed by atoms with Crippen molar-refractivity contribution in [2.24, 2.45) is 5.73 Å². The average Bonchev–Trinajstić information content (AvgIpc) is 2.76. The molecular weight excluding hydrogens is 228 g/mol. The van der Waals surface area contributed by atoms with Gasteiger partial charge in [-0.1, -0.05) is 0 Å². The van der Waals surface area contributed by atoms with Gasteiger partial charge in [-0.25, -0.2) is 4.79 Å². The first-order valence-electron chi connectivity index (χ1n) is 5.47. The number of likely N-dealkylation sites (tertiary alicyclic amines) is 1. The first kappa shape index (κ1) is 13.7. The molecule has 1 heterocycles. The van der Waals surface area contributed by atoms with Crippen LogP contribution in [0.15, 0.2) is 0 Å². The third-order valence-corrected chi connectivity index (χ3v) is 2.73. The molecule has 0 aliphatic carbocycles. The molecule has 1 rings (SSSR count). The predicted octanol–water partition coefficient (Wildman–Crippen LogP) is -0.354. The van der Waals surface area contributed by atoms with Crippen molar-refractivity contribution in [3.05, 3.63) is 0 Å². The van der Waals surface area contributed by atoms with Gasteiger partial charge in [0.05, 0.1) is 26.4 Å². The Morgan fingerprint density at radius 2 is 2.29 bits per heavy atom. The number of carbonyl (C=O) groups excluding carboxylic acids is 1. The minimum atomic E-state index is -0.937. The average molecular weight is 246 g/mol. The van der Waals surface area contributed by atoms with E-state index >= 15 is 0 Å². The zero-order valence-corrected chi connectivity index (χ0v) is 9.80. The van der Waals surface area contributed by atoms with Crippen LogP contribution >= 0.6 is 0 Å². The van der Waals surface area contributed by atoms with Gasteiger partial charge in [-0.3, -0.25) is 4.79 Å². The van der Waals surface area contributed by atoms with E-state index in [0.717, 1.165) is 12.8 Å². The van der Waals surface area contributed by atoms with Gasteiger partial charge in [-0.2, -0.15) is 0 Å². The molecule has 17 heavy (non-hydrogen) atoms. The largest absolute Gasteiger partial charge is 0.468 e. The minimum absolute atomic E-state index is 0.0383. The van der Waals surface area contributed by atoms with E-state index in [1.807, 2.05) is 0 Å². The lowest BCUT2D eigenvalue weighted by Gasteiger charge is -2.21. The van der Waals surface area contributed by atoms with Crippen molar-refractivity contribution >= 4 is 12.1 Å². The van der Waals surface area contributed by atoms with E-state index < -0.39 is 18.1 Å². The molecule has 2 atom stereocenters. The normalized spacial score (nSPS) is 21.3. The Labute approximate surface area is 99.5 Å². The predicted molar refractivity (Wildman–Crippen MR) is 58.6 cm³/mol. The molecule has 1 fully saturated rings. The summed E-state index contributed by atoms with van der Waals surface area (Å²) in [6.45, 7) is 0.833. The maximum Gasteiger partial charge on any atom is 0.407 e. The number of carbonyl (C=O) groups is 2. The highest BCUT2D eigenvalue weighted by molar-refractivity contribution is 5.75. The lowest BCUT2D eigenvalue weighted by molar-refractivity contribution is -0.143. The Kier molecular flexibility index (Phi) is 5.17. The van der Waals surface area contributed by atoms with Gasteiger partial charge in [0.1, 0.15) is 6.04 Å². The van der Waals surface area contributed by atoms with Gasteiger partial charge in [0.15, 0.2) is 0 Å². The third kappa shape index (κ3) is 3.86. The molecule has 0 bridgehead atoms. The lowest BCUT2D eigenvalue weighted by Crippen LogP contribution is -2.40. The summed E-state index contributed by atoms with van der Waals surface area (Å²) in [4.78, 5) is 23.2. The van der Waals surface area contributed by atoms with E-state index in [0.29, 0.717) is 6.54 Å². The molecule has 1 saturated heterocycles. The standard InChI is InChI=1S/C10H18N2O5/c1-16-9(13)8(11)6-17-5-7-3-2-4-12(7)10(14)15/h7-8H,2-6,11H2,1H3,(H,14,15)/t7-,8+/m1/s1. The Hall–Kier alpha value is -1.34. The van der Waals surface area contributed by atoms with E-state index in [1.54, 1.807) is 0 Å². The zero-order valence-electron chi connectivity index (χ0n) is 9.80. The number of hydrogen-bond donors (Lipinski definition) is 2. The number of ether oxygens (including phenoxy) is 2. The van der Waals surface area contributed by atoms with Crippen LogP contribution in [0, 0.1) is 0 Å². The number of nitrogens with two attached hydrogens (primary N) is 1. The number of rotatable bonds is 5. The molecule has 1 amide bonds. The van der Waals surface area contributed by atoms with Crippen molar-refractivity contribution in [1.82, 2.24) is 4.90 Å². The molecule has 0 aromatic rings. The fraction of sp³-hybridized carbons (Fsp3) is 0.800. The summed E-state index contributed by atoms with van der Waals surface area (Å²) in [5.41, 5.74) is 5.48. The quantitative estimate of drug-likeness (QED) is 0.642. The van der Waals surface area contributed by atoms with Gasteiger partial charge < -0.3 is 25.2 Å². The molecule has 0 radical (unpaired) electrons. The Bertz CT molecular complexity index is 284. The van der Waals surface area contributed by atoms with E-state index in [-0.39, 0.29) is 19.3 Å². The van der Waals surface area contributed by atoms with E-state index in [1.165, 1.54) is 12.0 Å². The van der Waals surface area contributed by atoms with Crippen molar-refractivity contribution in [2.45, 2.75) is 24.9 Å². The molecule has 0 spiro atoms. The van der Waals surface area contributed by atoms with Crippen molar-refractivity contribution in [3.63, 3.8) is 0 Å². The van der Waals surface area contributed by atoms with Crippen molar-refractivity contribution < 1.29 is 24.2 Å². The van der Waals surface area contributed by atoms with Crippen LogP contribution in [0.25, 0.3) is 0 Å². The van der Waals surface area contributed by atoms with Crippen LogP contribution in [-0.4, -0.2) is 61.0 Å². The number of amides is 1. The lowest BCUT2D eigenvalue weighted by atomic mass is 10.2. The number of nitrogens with zero attached hydrogens (tertiary/aromatic N) is 1. The number of esters is 1. The van der Waals surface area contributed by atoms with Crippen LogP contribution in [0.4, 0.5) is 4.79 Å². The van der Waals surface area contributed by atoms with Crippen LogP contribution in [0.3, 0.4) is 0 Å². The first-order chi connectivity index (χ1) is 8.06. The summed E-state index contributed by atoms with van der Waals surface area (Å²) in [7, 11) is 1.26. The first-order valence-corrected chi connectivity index (χ1v) is 5.47. The summed E-state index contributed by atoms with van der Waals surface area (Å²) in [5.74, 6) is -0.536. The van der Waals surface area contributed by atoms with Crippen LogP contribution < -0.4 is 5.73 Å². The van der Waals surface area contributed by atoms with Gasteiger partial charge >= 0.3 is 12.1 Å². The molecule has 0 aromatic heterocycles.